The molecule has 0 atom stereocenters. The van der Waals surface area contributed by atoms with Crippen LogP contribution in [0.25, 0.3) is 11.1 Å². The highest BCUT2D eigenvalue weighted by Crippen LogP contribution is 2.32. The van der Waals surface area contributed by atoms with E-state index >= 15 is 0 Å². The largest absolute Gasteiger partial charge is 0.573 e. The van der Waals surface area contributed by atoms with Crippen LogP contribution in [0.1, 0.15) is 5.56 Å². The van der Waals surface area contributed by atoms with Gasteiger partial charge < -0.3 is 4.74 Å². The van der Waals surface area contributed by atoms with Crippen molar-refractivity contribution in [3.8, 4) is 16.9 Å². The van der Waals surface area contributed by atoms with Crippen LogP contribution in [0.3, 0.4) is 0 Å². The molecule has 5 heteroatoms. The topological polar surface area (TPSA) is 9.23 Å². The molecule has 0 saturated heterocycles. The number of rotatable bonds is 2. The maximum absolute atomic E-state index is 12.2. The lowest BCUT2D eigenvalue weighted by atomic mass is 10.0. The molecule has 2 aromatic rings. The van der Waals surface area contributed by atoms with Gasteiger partial charge in [0.15, 0.2) is 0 Å². The minimum Gasteiger partial charge on any atom is -0.406 e. The Bertz CT molecular complexity index is 593. The van der Waals surface area contributed by atoms with E-state index in [1.54, 1.807) is 6.07 Å². The second kappa shape index (κ2) is 5.25. The third-order valence-electron chi connectivity index (χ3n) is 2.65. The predicted octanol–water partition coefficient (Wildman–Crippen LogP) is 5.32. The molecule has 100 valence electrons. The molecule has 0 bridgehead atoms. The highest BCUT2D eigenvalue weighted by molar-refractivity contribution is 9.10. The van der Waals surface area contributed by atoms with Crippen molar-refractivity contribution in [2.24, 2.45) is 0 Å². The summed E-state index contributed by atoms with van der Waals surface area (Å²) in [6, 6.07) is 11.5. The molecule has 2 rings (SSSR count). The van der Waals surface area contributed by atoms with Crippen molar-refractivity contribution in [3.05, 3.63) is 52.5 Å². The van der Waals surface area contributed by atoms with E-state index < -0.39 is 6.36 Å². The van der Waals surface area contributed by atoms with E-state index in [1.165, 1.54) is 18.2 Å². The summed E-state index contributed by atoms with van der Waals surface area (Å²) in [4.78, 5) is 0. The highest BCUT2D eigenvalue weighted by atomic mass is 79.9. The van der Waals surface area contributed by atoms with Crippen molar-refractivity contribution in [2.75, 3.05) is 0 Å². The molecule has 0 heterocycles. The van der Waals surface area contributed by atoms with Gasteiger partial charge in [0.1, 0.15) is 5.75 Å². The summed E-state index contributed by atoms with van der Waals surface area (Å²) in [5.41, 5.74) is 2.51. The van der Waals surface area contributed by atoms with Crippen molar-refractivity contribution in [3.63, 3.8) is 0 Å². The van der Waals surface area contributed by atoms with E-state index in [1.807, 2.05) is 25.1 Å². The molecule has 0 N–H and O–H groups in total. The van der Waals surface area contributed by atoms with Gasteiger partial charge in [-0.3, -0.25) is 0 Å². The molecule has 0 aliphatic heterocycles. The van der Waals surface area contributed by atoms with Crippen molar-refractivity contribution < 1.29 is 17.9 Å². The minimum atomic E-state index is -4.68. The van der Waals surface area contributed by atoms with Crippen LogP contribution in [-0.2, 0) is 0 Å². The van der Waals surface area contributed by atoms with Crippen molar-refractivity contribution in [2.45, 2.75) is 13.3 Å². The highest BCUT2D eigenvalue weighted by Gasteiger charge is 2.31. The van der Waals surface area contributed by atoms with Gasteiger partial charge >= 0.3 is 6.36 Å². The molecule has 0 aromatic heterocycles. The van der Waals surface area contributed by atoms with Crippen LogP contribution in [-0.4, -0.2) is 6.36 Å². The molecule has 0 aliphatic carbocycles. The second-order valence-corrected chi connectivity index (χ2v) is 4.84. The minimum absolute atomic E-state index is 0.218. The monoisotopic (exact) mass is 330 g/mol. The van der Waals surface area contributed by atoms with E-state index in [-0.39, 0.29) is 5.75 Å². The molecule has 19 heavy (non-hydrogen) atoms. The first-order chi connectivity index (χ1) is 8.87. The number of benzene rings is 2. The molecule has 2 aromatic carbocycles. The van der Waals surface area contributed by atoms with Gasteiger partial charge in [0.25, 0.3) is 0 Å². The third-order valence-corrected chi connectivity index (χ3v) is 3.51. The van der Waals surface area contributed by atoms with Gasteiger partial charge in [0.05, 0.1) is 0 Å². The summed E-state index contributed by atoms with van der Waals surface area (Å²) in [5.74, 6) is -0.218. The fourth-order valence-corrected chi connectivity index (χ4v) is 2.15. The quantitative estimate of drug-likeness (QED) is 0.723. The molecule has 0 aliphatic rings. The normalized spacial score (nSPS) is 11.4. The van der Waals surface area contributed by atoms with Crippen LogP contribution in [0.2, 0.25) is 0 Å². The lowest BCUT2D eigenvalue weighted by Gasteiger charge is -2.12. The average molecular weight is 331 g/mol. The van der Waals surface area contributed by atoms with Gasteiger partial charge in [-0.2, -0.15) is 0 Å². The standard InChI is InChI=1S/C14H10BrF3O/c1-9-12(6-3-7-13(9)15)10-4-2-5-11(8-10)19-14(16,17)18/h2-8H,1H3. The van der Waals surface area contributed by atoms with Crippen LogP contribution in [0, 0.1) is 6.92 Å². The Labute approximate surface area is 117 Å². The van der Waals surface area contributed by atoms with Crippen molar-refractivity contribution in [1.29, 1.82) is 0 Å². The summed E-state index contributed by atoms with van der Waals surface area (Å²) < 4.78 is 41.4. The summed E-state index contributed by atoms with van der Waals surface area (Å²) in [6.45, 7) is 1.90. The molecule has 1 nitrogen and oxygen atoms in total. The number of hydrogen-bond acceptors (Lipinski definition) is 1. The number of hydrogen-bond donors (Lipinski definition) is 0. The maximum atomic E-state index is 12.2. The number of ether oxygens (including phenoxy) is 1. The lowest BCUT2D eigenvalue weighted by Crippen LogP contribution is -2.17. The van der Waals surface area contributed by atoms with E-state index in [4.69, 9.17) is 0 Å². The zero-order valence-corrected chi connectivity index (χ0v) is 11.5. The van der Waals surface area contributed by atoms with E-state index in [2.05, 4.69) is 20.7 Å². The zero-order chi connectivity index (χ0) is 14.0. The summed E-state index contributed by atoms with van der Waals surface area (Å²) in [5, 5.41) is 0. The molecule has 0 unspecified atom stereocenters. The molecular formula is C14H10BrF3O. The third kappa shape index (κ3) is 3.50. The van der Waals surface area contributed by atoms with Crippen LogP contribution < -0.4 is 4.74 Å². The fraction of sp³-hybridized carbons (Fsp3) is 0.143. The van der Waals surface area contributed by atoms with Gasteiger partial charge in [0.2, 0.25) is 0 Å². The van der Waals surface area contributed by atoms with Crippen molar-refractivity contribution >= 4 is 15.9 Å². The van der Waals surface area contributed by atoms with Crippen LogP contribution in [0.5, 0.6) is 5.75 Å². The SMILES string of the molecule is Cc1c(Br)cccc1-c1cccc(OC(F)(F)F)c1. The van der Waals surface area contributed by atoms with Crippen LogP contribution in [0.15, 0.2) is 46.9 Å². The van der Waals surface area contributed by atoms with Gasteiger partial charge in [-0.25, -0.2) is 0 Å². The van der Waals surface area contributed by atoms with Gasteiger partial charge in [-0.15, -0.1) is 13.2 Å². The Balaban J connectivity index is 2.41. The van der Waals surface area contributed by atoms with Gasteiger partial charge in [-0.1, -0.05) is 40.2 Å². The molecular weight excluding hydrogens is 321 g/mol. The molecule has 0 radical (unpaired) electrons. The molecule has 0 spiro atoms. The fourth-order valence-electron chi connectivity index (χ4n) is 1.78. The Hall–Kier alpha value is -1.49. The van der Waals surface area contributed by atoms with E-state index in [0.717, 1.165) is 15.6 Å². The molecule has 0 fully saturated rings. The first kappa shape index (κ1) is 13.9. The zero-order valence-electron chi connectivity index (χ0n) is 9.96. The predicted molar refractivity (Wildman–Crippen MR) is 71.0 cm³/mol. The molecule has 0 saturated carbocycles. The van der Waals surface area contributed by atoms with Crippen LogP contribution >= 0.6 is 15.9 Å². The van der Waals surface area contributed by atoms with Crippen LogP contribution in [0.4, 0.5) is 13.2 Å². The average Bonchev–Trinajstić information content (AvgIpc) is 2.31. The van der Waals surface area contributed by atoms with Gasteiger partial charge in [-0.05, 0) is 41.8 Å². The first-order valence-electron chi connectivity index (χ1n) is 5.48. The van der Waals surface area contributed by atoms with Gasteiger partial charge in [0, 0.05) is 4.47 Å². The summed E-state index contributed by atoms with van der Waals surface area (Å²) in [7, 11) is 0. The Kier molecular flexibility index (Phi) is 3.85. The summed E-state index contributed by atoms with van der Waals surface area (Å²) in [6.07, 6.45) is -4.68. The Morgan fingerprint density at radius 3 is 2.42 bits per heavy atom. The maximum Gasteiger partial charge on any atom is 0.573 e. The van der Waals surface area contributed by atoms with E-state index in [9.17, 15) is 13.2 Å². The first-order valence-corrected chi connectivity index (χ1v) is 6.27. The lowest BCUT2D eigenvalue weighted by molar-refractivity contribution is -0.274. The Morgan fingerprint density at radius 1 is 1.05 bits per heavy atom. The number of alkyl halides is 3. The molecule has 0 amide bonds. The number of halogens is 4. The second-order valence-electron chi connectivity index (χ2n) is 3.99. The Morgan fingerprint density at radius 2 is 1.74 bits per heavy atom. The summed E-state index contributed by atoms with van der Waals surface area (Å²) >= 11 is 3.40. The van der Waals surface area contributed by atoms with E-state index in [0.29, 0.717) is 5.56 Å². The van der Waals surface area contributed by atoms with Crippen molar-refractivity contribution in [1.82, 2.24) is 0 Å². The smallest absolute Gasteiger partial charge is 0.406 e.